The molecule has 0 saturated heterocycles. The molecule has 1 heterocycles. The molecule has 0 aliphatic rings. The third kappa shape index (κ3) is 3.17. The molecule has 4 nitrogen and oxygen atoms in total. The average Bonchev–Trinajstić information content (AvgIpc) is 2.13. The number of aromatic nitrogens is 2. The van der Waals surface area contributed by atoms with E-state index in [0.29, 0.717) is 17.5 Å². The van der Waals surface area contributed by atoms with Gasteiger partial charge in [-0.2, -0.15) is 0 Å². The van der Waals surface area contributed by atoms with Crippen LogP contribution in [-0.4, -0.2) is 9.97 Å². The van der Waals surface area contributed by atoms with Crippen molar-refractivity contribution in [3.63, 3.8) is 0 Å². The van der Waals surface area contributed by atoms with Gasteiger partial charge in [-0.05, 0) is 37.6 Å². The molecule has 1 aromatic carbocycles. The number of aryl methyl sites for hydroxylation is 2. The molecular formula is C12H13BrN4. The van der Waals surface area contributed by atoms with Gasteiger partial charge in [0.2, 0.25) is 0 Å². The number of nitrogen functional groups attached to an aromatic ring is 1. The number of nitrogens with two attached hydrogens (primary N) is 1. The fraction of sp³-hybridized carbons (Fsp3) is 0.167. The van der Waals surface area contributed by atoms with Crippen molar-refractivity contribution in [1.82, 2.24) is 9.97 Å². The molecule has 0 bridgehead atoms. The number of rotatable bonds is 2. The van der Waals surface area contributed by atoms with E-state index in [-0.39, 0.29) is 0 Å². The maximum atomic E-state index is 5.67. The van der Waals surface area contributed by atoms with Gasteiger partial charge in [-0.3, -0.25) is 0 Å². The minimum absolute atomic E-state index is 0.465. The zero-order valence-electron chi connectivity index (χ0n) is 9.66. The first-order chi connectivity index (χ1) is 8.02. The Labute approximate surface area is 108 Å². The standard InChI is InChI=1S/C12H13BrN4/c1-7-3-9(13)5-10(4-7)17-12-6-11(14)15-8(2)16-12/h3-6H,1-2H3,(H3,14,15,16,17). The van der Waals surface area contributed by atoms with Gasteiger partial charge in [0.25, 0.3) is 0 Å². The molecule has 0 amide bonds. The van der Waals surface area contributed by atoms with Crippen molar-refractivity contribution in [1.29, 1.82) is 0 Å². The van der Waals surface area contributed by atoms with Crippen LogP contribution in [0.3, 0.4) is 0 Å². The number of anilines is 3. The number of hydrogen-bond donors (Lipinski definition) is 2. The first kappa shape index (κ1) is 11.9. The Kier molecular flexibility index (Phi) is 3.28. The van der Waals surface area contributed by atoms with Gasteiger partial charge < -0.3 is 11.1 Å². The highest BCUT2D eigenvalue weighted by Gasteiger charge is 2.01. The van der Waals surface area contributed by atoms with E-state index in [1.165, 1.54) is 5.56 Å². The summed E-state index contributed by atoms with van der Waals surface area (Å²) < 4.78 is 1.03. The fourth-order valence-electron chi connectivity index (χ4n) is 1.61. The highest BCUT2D eigenvalue weighted by Crippen LogP contribution is 2.22. The van der Waals surface area contributed by atoms with Gasteiger partial charge in [-0.25, -0.2) is 9.97 Å². The largest absolute Gasteiger partial charge is 0.384 e. The van der Waals surface area contributed by atoms with Crippen LogP contribution < -0.4 is 11.1 Å². The zero-order chi connectivity index (χ0) is 12.4. The predicted octanol–water partition coefficient (Wildman–Crippen LogP) is 3.18. The highest BCUT2D eigenvalue weighted by atomic mass is 79.9. The summed E-state index contributed by atoms with van der Waals surface area (Å²) in [6.07, 6.45) is 0. The average molecular weight is 293 g/mol. The van der Waals surface area contributed by atoms with E-state index >= 15 is 0 Å². The van der Waals surface area contributed by atoms with Gasteiger partial charge in [0, 0.05) is 16.2 Å². The molecule has 5 heteroatoms. The van der Waals surface area contributed by atoms with Gasteiger partial charge in [0.05, 0.1) is 0 Å². The lowest BCUT2D eigenvalue weighted by molar-refractivity contribution is 1.06. The van der Waals surface area contributed by atoms with Crippen LogP contribution in [0.2, 0.25) is 0 Å². The summed E-state index contributed by atoms with van der Waals surface area (Å²) in [6.45, 7) is 3.85. The molecule has 0 atom stereocenters. The number of benzene rings is 1. The number of halogens is 1. The maximum absolute atomic E-state index is 5.67. The maximum Gasteiger partial charge on any atom is 0.136 e. The number of hydrogen-bond acceptors (Lipinski definition) is 4. The smallest absolute Gasteiger partial charge is 0.136 e. The summed E-state index contributed by atoms with van der Waals surface area (Å²) in [7, 11) is 0. The second-order valence-electron chi connectivity index (χ2n) is 3.87. The Morgan fingerprint density at radius 1 is 1.12 bits per heavy atom. The Hall–Kier alpha value is -1.62. The van der Waals surface area contributed by atoms with Crippen molar-refractivity contribution in [3.05, 3.63) is 40.1 Å². The molecule has 0 fully saturated rings. The summed E-state index contributed by atoms with van der Waals surface area (Å²) in [5.41, 5.74) is 7.81. The van der Waals surface area contributed by atoms with Crippen molar-refractivity contribution in [3.8, 4) is 0 Å². The molecule has 0 aliphatic heterocycles. The third-order valence-corrected chi connectivity index (χ3v) is 2.63. The minimum Gasteiger partial charge on any atom is -0.384 e. The first-order valence-corrected chi connectivity index (χ1v) is 5.97. The van der Waals surface area contributed by atoms with Crippen LogP contribution in [0, 0.1) is 13.8 Å². The van der Waals surface area contributed by atoms with Crippen LogP contribution in [0.25, 0.3) is 0 Å². The molecule has 3 N–H and O–H groups in total. The van der Waals surface area contributed by atoms with Crippen molar-refractivity contribution in [2.45, 2.75) is 13.8 Å². The Morgan fingerprint density at radius 2 is 1.88 bits per heavy atom. The molecule has 0 unspecified atom stereocenters. The van der Waals surface area contributed by atoms with Crippen molar-refractivity contribution in [2.75, 3.05) is 11.1 Å². The SMILES string of the molecule is Cc1cc(Br)cc(Nc2cc(N)nc(C)n2)c1. The normalized spacial score (nSPS) is 10.3. The molecule has 2 aromatic rings. The van der Waals surface area contributed by atoms with E-state index in [1.54, 1.807) is 6.07 Å². The molecular weight excluding hydrogens is 280 g/mol. The van der Waals surface area contributed by atoms with Gasteiger partial charge >= 0.3 is 0 Å². The van der Waals surface area contributed by atoms with Gasteiger partial charge in [0.15, 0.2) is 0 Å². The second-order valence-corrected chi connectivity index (χ2v) is 4.78. The molecule has 0 aliphatic carbocycles. The minimum atomic E-state index is 0.465. The molecule has 88 valence electrons. The Bertz CT molecular complexity index is 464. The topological polar surface area (TPSA) is 63.8 Å². The lowest BCUT2D eigenvalue weighted by Crippen LogP contribution is -2.00. The van der Waals surface area contributed by atoms with E-state index in [1.807, 2.05) is 32.0 Å². The first-order valence-electron chi connectivity index (χ1n) is 5.18. The molecule has 2 rings (SSSR count). The van der Waals surface area contributed by atoms with Crippen LogP contribution in [0.4, 0.5) is 17.3 Å². The van der Waals surface area contributed by atoms with Crippen LogP contribution in [-0.2, 0) is 0 Å². The fourth-order valence-corrected chi connectivity index (χ4v) is 2.22. The Morgan fingerprint density at radius 3 is 2.53 bits per heavy atom. The Balaban J connectivity index is 2.31. The highest BCUT2D eigenvalue weighted by molar-refractivity contribution is 9.10. The molecule has 17 heavy (non-hydrogen) atoms. The van der Waals surface area contributed by atoms with Crippen LogP contribution in [0.1, 0.15) is 11.4 Å². The monoisotopic (exact) mass is 292 g/mol. The zero-order valence-corrected chi connectivity index (χ0v) is 11.2. The summed E-state index contributed by atoms with van der Waals surface area (Å²) in [5, 5.41) is 3.21. The lowest BCUT2D eigenvalue weighted by Gasteiger charge is -2.08. The van der Waals surface area contributed by atoms with Crippen LogP contribution in [0.15, 0.2) is 28.7 Å². The third-order valence-electron chi connectivity index (χ3n) is 2.17. The molecule has 0 saturated carbocycles. The summed E-state index contributed by atoms with van der Waals surface area (Å²) in [4.78, 5) is 8.30. The molecule has 1 aromatic heterocycles. The van der Waals surface area contributed by atoms with Gasteiger partial charge in [0.1, 0.15) is 17.5 Å². The van der Waals surface area contributed by atoms with Crippen molar-refractivity contribution < 1.29 is 0 Å². The quantitative estimate of drug-likeness (QED) is 0.892. The van der Waals surface area contributed by atoms with E-state index < -0.39 is 0 Å². The van der Waals surface area contributed by atoms with Crippen molar-refractivity contribution in [2.24, 2.45) is 0 Å². The summed E-state index contributed by atoms with van der Waals surface area (Å²) in [5.74, 6) is 1.82. The van der Waals surface area contributed by atoms with Crippen LogP contribution >= 0.6 is 15.9 Å². The molecule has 0 radical (unpaired) electrons. The lowest BCUT2D eigenvalue weighted by atomic mass is 10.2. The van der Waals surface area contributed by atoms with E-state index in [2.05, 4.69) is 31.2 Å². The predicted molar refractivity (Wildman–Crippen MR) is 73.3 cm³/mol. The number of nitrogens with zero attached hydrogens (tertiary/aromatic N) is 2. The van der Waals surface area contributed by atoms with Gasteiger partial charge in [-0.15, -0.1) is 0 Å². The number of nitrogens with one attached hydrogen (secondary N) is 1. The van der Waals surface area contributed by atoms with Crippen molar-refractivity contribution >= 4 is 33.3 Å². The summed E-state index contributed by atoms with van der Waals surface area (Å²) in [6, 6.07) is 7.78. The summed E-state index contributed by atoms with van der Waals surface area (Å²) >= 11 is 3.46. The van der Waals surface area contributed by atoms with Crippen LogP contribution in [0.5, 0.6) is 0 Å². The van der Waals surface area contributed by atoms with E-state index in [9.17, 15) is 0 Å². The van der Waals surface area contributed by atoms with E-state index in [0.717, 1.165) is 10.2 Å². The second kappa shape index (κ2) is 4.71. The van der Waals surface area contributed by atoms with Gasteiger partial charge in [-0.1, -0.05) is 15.9 Å². The molecule has 0 spiro atoms. The van der Waals surface area contributed by atoms with E-state index in [4.69, 9.17) is 5.73 Å².